The molecule has 0 aliphatic heterocycles. The molecule has 7 nitrogen and oxygen atoms in total. The van der Waals surface area contributed by atoms with Crippen molar-refractivity contribution >= 4 is 29.2 Å². The van der Waals surface area contributed by atoms with Crippen LogP contribution in [0.4, 0.5) is 11.4 Å². The van der Waals surface area contributed by atoms with Crippen LogP contribution in [-0.2, 0) is 25.5 Å². The average molecular weight is 412 g/mol. The van der Waals surface area contributed by atoms with E-state index in [-0.39, 0.29) is 24.8 Å². The molecule has 160 valence electrons. The highest BCUT2D eigenvalue weighted by Gasteiger charge is 2.10. The minimum Gasteiger partial charge on any atom is -0.455 e. The summed E-state index contributed by atoms with van der Waals surface area (Å²) < 4.78 is 5.05. The predicted molar refractivity (Wildman–Crippen MR) is 117 cm³/mol. The second-order valence-corrected chi connectivity index (χ2v) is 6.98. The lowest BCUT2D eigenvalue weighted by atomic mass is 10.1. The van der Waals surface area contributed by atoms with E-state index in [2.05, 4.69) is 28.5 Å². The van der Waals surface area contributed by atoms with Gasteiger partial charge in [0.2, 0.25) is 5.91 Å². The molecule has 0 aromatic heterocycles. The van der Waals surface area contributed by atoms with Crippen molar-refractivity contribution in [3.8, 4) is 0 Å². The van der Waals surface area contributed by atoms with E-state index in [0.717, 1.165) is 17.8 Å². The zero-order chi connectivity index (χ0) is 21.9. The molecule has 2 N–H and O–H groups in total. The van der Waals surface area contributed by atoms with Crippen LogP contribution in [0.15, 0.2) is 48.5 Å². The van der Waals surface area contributed by atoms with Crippen LogP contribution in [0.25, 0.3) is 0 Å². The predicted octanol–water partition coefficient (Wildman–Crippen LogP) is 2.68. The van der Waals surface area contributed by atoms with Crippen LogP contribution >= 0.6 is 0 Å². The quantitative estimate of drug-likeness (QED) is 0.587. The molecule has 0 radical (unpaired) electrons. The number of hydrogen-bond donors (Lipinski definition) is 2. The number of aryl methyl sites for hydroxylation is 1. The van der Waals surface area contributed by atoms with E-state index in [0.29, 0.717) is 18.8 Å². The first kappa shape index (κ1) is 22.9. The minimum atomic E-state index is -0.479. The number of benzene rings is 2. The third kappa shape index (κ3) is 7.95. The SMILES string of the molecule is CCN(CCNC(=O)COC(=O)Cc1ccc(NC(C)=O)cc1)c1cccc(C)c1. The number of anilines is 2. The first-order valence-electron chi connectivity index (χ1n) is 9.98. The van der Waals surface area contributed by atoms with Crippen LogP contribution in [-0.4, -0.2) is 44.0 Å². The third-order valence-electron chi connectivity index (χ3n) is 4.44. The summed E-state index contributed by atoms with van der Waals surface area (Å²) in [5, 5.41) is 5.44. The molecule has 2 aromatic rings. The molecule has 0 heterocycles. The van der Waals surface area contributed by atoms with Crippen molar-refractivity contribution in [1.82, 2.24) is 5.32 Å². The molecule has 0 fully saturated rings. The van der Waals surface area contributed by atoms with E-state index in [9.17, 15) is 14.4 Å². The maximum Gasteiger partial charge on any atom is 0.310 e. The molecular weight excluding hydrogens is 382 g/mol. The van der Waals surface area contributed by atoms with Gasteiger partial charge in [-0.1, -0.05) is 24.3 Å². The number of nitrogens with zero attached hydrogens (tertiary/aromatic N) is 1. The van der Waals surface area contributed by atoms with Crippen molar-refractivity contribution in [3.05, 3.63) is 59.7 Å². The minimum absolute atomic E-state index is 0.0601. The van der Waals surface area contributed by atoms with Gasteiger partial charge in [0.25, 0.3) is 5.91 Å². The zero-order valence-electron chi connectivity index (χ0n) is 17.7. The summed E-state index contributed by atoms with van der Waals surface area (Å²) in [7, 11) is 0. The van der Waals surface area contributed by atoms with Gasteiger partial charge >= 0.3 is 5.97 Å². The average Bonchev–Trinajstić information content (AvgIpc) is 2.71. The highest BCUT2D eigenvalue weighted by Crippen LogP contribution is 2.15. The van der Waals surface area contributed by atoms with Gasteiger partial charge in [0, 0.05) is 37.9 Å². The molecule has 0 unspecified atom stereocenters. The first-order valence-corrected chi connectivity index (χ1v) is 9.98. The fourth-order valence-electron chi connectivity index (χ4n) is 2.95. The Morgan fingerprint density at radius 2 is 1.80 bits per heavy atom. The molecule has 2 rings (SSSR count). The van der Waals surface area contributed by atoms with E-state index >= 15 is 0 Å². The van der Waals surface area contributed by atoms with E-state index in [1.54, 1.807) is 24.3 Å². The molecule has 0 bridgehead atoms. The van der Waals surface area contributed by atoms with Crippen LogP contribution < -0.4 is 15.5 Å². The molecule has 30 heavy (non-hydrogen) atoms. The second-order valence-electron chi connectivity index (χ2n) is 6.98. The van der Waals surface area contributed by atoms with Gasteiger partial charge in [-0.05, 0) is 49.2 Å². The van der Waals surface area contributed by atoms with Gasteiger partial charge in [0.1, 0.15) is 0 Å². The highest BCUT2D eigenvalue weighted by molar-refractivity contribution is 5.88. The molecule has 2 amide bonds. The maximum atomic E-state index is 12.0. The largest absolute Gasteiger partial charge is 0.455 e. The van der Waals surface area contributed by atoms with Crippen molar-refractivity contribution in [1.29, 1.82) is 0 Å². The van der Waals surface area contributed by atoms with Crippen LogP contribution in [0.1, 0.15) is 25.0 Å². The van der Waals surface area contributed by atoms with Gasteiger partial charge < -0.3 is 20.3 Å². The van der Waals surface area contributed by atoms with Crippen molar-refractivity contribution < 1.29 is 19.1 Å². The van der Waals surface area contributed by atoms with E-state index < -0.39 is 5.97 Å². The summed E-state index contributed by atoms with van der Waals surface area (Å²) >= 11 is 0. The molecular formula is C23H29N3O4. The van der Waals surface area contributed by atoms with Gasteiger partial charge in [-0.3, -0.25) is 14.4 Å². The highest BCUT2D eigenvalue weighted by atomic mass is 16.5. The molecule has 0 aliphatic rings. The monoisotopic (exact) mass is 411 g/mol. The fraction of sp³-hybridized carbons (Fsp3) is 0.348. The smallest absolute Gasteiger partial charge is 0.310 e. The molecule has 0 atom stereocenters. The number of amides is 2. The molecule has 0 saturated heterocycles. The van der Waals surface area contributed by atoms with Gasteiger partial charge in [0.05, 0.1) is 6.42 Å². The maximum absolute atomic E-state index is 12.0. The lowest BCUT2D eigenvalue weighted by Gasteiger charge is -2.23. The topological polar surface area (TPSA) is 87.7 Å². The summed E-state index contributed by atoms with van der Waals surface area (Å²) in [5.74, 6) is -0.967. The Kier molecular flexibility index (Phi) is 8.87. The number of nitrogens with one attached hydrogen (secondary N) is 2. The summed E-state index contributed by atoms with van der Waals surface area (Å²) in [6.45, 7) is 7.19. The number of carbonyl (C=O) groups is 3. The normalized spacial score (nSPS) is 10.2. The Bertz CT molecular complexity index is 865. The summed E-state index contributed by atoms with van der Waals surface area (Å²) in [5.41, 5.74) is 3.70. The summed E-state index contributed by atoms with van der Waals surface area (Å²) in [4.78, 5) is 37.1. The molecule has 0 aliphatic carbocycles. The molecule has 0 saturated carbocycles. The van der Waals surface area contributed by atoms with Gasteiger partial charge in [0.15, 0.2) is 6.61 Å². The second kappa shape index (κ2) is 11.6. The molecule has 7 heteroatoms. The number of esters is 1. The van der Waals surface area contributed by atoms with Gasteiger partial charge in [-0.15, -0.1) is 0 Å². The first-order chi connectivity index (χ1) is 14.4. The fourth-order valence-corrected chi connectivity index (χ4v) is 2.95. The van der Waals surface area contributed by atoms with Crippen molar-refractivity contribution in [2.24, 2.45) is 0 Å². The van der Waals surface area contributed by atoms with Crippen LogP contribution in [0, 0.1) is 6.92 Å². The van der Waals surface area contributed by atoms with E-state index in [1.807, 2.05) is 25.1 Å². The number of likely N-dealkylation sites (N-methyl/N-ethyl adjacent to an activating group) is 1. The Hall–Kier alpha value is -3.35. The van der Waals surface area contributed by atoms with Crippen molar-refractivity contribution in [2.45, 2.75) is 27.2 Å². The number of ether oxygens (including phenoxy) is 1. The lowest BCUT2D eigenvalue weighted by molar-refractivity contribution is -0.147. The van der Waals surface area contributed by atoms with Crippen molar-refractivity contribution in [3.63, 3.8) is 0 Å². The number of hydrogen-bond acceptors (Lipinski definition) is 5. The standard InChI is InChI=1S/C23H29N3O4/c1-4-26(21-7-5-6-17(2)14-21)13-12-24-22(28)16-30-23(29)15-19-8-10-20(11-9-19)25-18(3)27/h5-11,14H,4,12-13,15-16H2,1-3H3,(H,24,28)(H,25,27). The van der Waals surface area contributed by atoms with Crippen LogP contribution in [0.5, 0.6) is 0 Å². The van der Waals surface area contributed by atoms with E-state index in [1.165, 1.54) is 12.5 Å². The Labute approximate surface area is 177 Å². The van der Waals surface area contributed by atoms with E-state index in [4.69, 9.17) is 4.74 Å². The van der Waals surface area contributed by atoms with Gasteiger partial charge in [-0.25, -0.2) is 0 Å². The number of rotatable bonds is 10. The van der Waals surface area contributed by atoms with Gasteiger partial charge in [-0.2, -0.15) is 0 Å². The summed E-state index contributed by atoms with van der Waals surface area (Å²) in [6, 6.07) is 15.1. The Morgan fingerprint density at radius 1 is 1.07 bits per heavy atom. The Morgan fingerprint density at radius 3 is 2.43 bits per heavy atom. The van der Waals surface area contributed by atoms with Crippen molar-refractivity contribution in [2.75, 3.05) is 36.5 Å². The Balaban J connectivity index is 1.69. The van der Waals surface area contributed by atoms with Crippen LogP contribution in [0.3, 0.4) is 0 Å². The summed E-state index contributed by atoms with van der Waals surface area (Å²) in [6.07, 6.45) is 0.0601. The zero-order valence-corrected chi connectivity index (χ0v) is 17.7. The molecule has 2 aromatic carbocycles. The third-order valence-corrected chi connectivity index (χ3v) is 4.44. The lowest BCUT2D eigenvalue weighted by Crippen LogP contribution is -2.37. The number of carbonyl (C=O) groups excluding carboxylic acids is 3. The van der Waals surface area contributed by atoms with Crippen LogP contribution in [0.2, 0.25) is 0 Å². The molecule has 0 spiro atoms.